The Morgan fingerprint density at radius 2 is 1.77 bits per heavy atom. The first kappa shape index (κ1) is 14.0. The first-order chi connectivity index (χ1) is 10.7. The topological polar surface area (TPSA) is 65.2 Å². The molecule has 0 saturated carbocycles. The molecule has 2 aromatic carbocycles. The molecule has 22 heavy (non-hydrogen) atoms. The highest BCUT2D eigenvalue weighted by Crippen LogP contribution is 2.18. The van der Waals surface area contributed by atoms with E-state index < -0.39 is 0 Å². The third kappa shape index (κ3) is 3.20. The predicted molar refractivity (Wildman–Crippen MR) is 80.5 cm³/mol. The standard InChI is InChI=1S/C17H14N2O3/c1-12(20)13-7-9-15(10-8-13)21-11-16-18-19-17(22-16)14-5-3-2-4-6-14/h2-10H,11H2,1H3. The summed E-state index contributed by atoms with van der Waals surface area (Å²) < 4.78 is 11.1. The van der Waals surface area contributed by atoms with Gasteiger partial charge in [-0.1, -0.05) is 18.2 Å². The molecule has 0 spiro atoms. The SMILES string of the molecule is CC(=O)c1ccc(OCc2nnc(-c3ccccc3)o2)cc1. The van der Waals surface area contributed by atoms with Crippen LogP contribution in [0.2, 0.25) is 0 Å². The van der Waals surface area contributed by atoms with Crippen molar-refractivity contribution in [1.29, 1.82) is 0 Å². The van der Waals surface area contributed by atoms with Crippen LogP contribution in [0.15, 0.2) is 59.0 Å². The molecule has 3 aromatic rings. The Labute approximate surface area is 127 Å². The maximum atomic E-state index is 11.2. The Morgan fingerprint density at radius 3 is 2.45 bits per heavy atom. The van der Waals surface area contributed by atoms with Crippen LogP contribution in [0.5, 0.6) is 5.75 Å². The zero-order valence-corrected chi connectivity index (χ0v) is 12.0. The molecule has 1 heterocycles. The Kier molecular flexibility index (Phi) is 3.96. The molecule has 0 aliphatic rings. The normalized spacial score (nSPS) is 10.4. The number of ether oxygens (including phenoxy) is 1. The van der Waals surface area contributed by atoms with Crippen molar-refractivity contribution in [2.24, 2.45) is 0 Å². The second-order valence-electron chi connectivity index (χ2n) is 4.74. The Hall–Kier alpha value is -2.95. The summed E-state index contributed by atoms with van der Waals surface area (Å²) in [6.07, 6.45) is 0. The summed E-state index contributed by atoms with van der Waals surface area (Å²) >= 11 is 0. The van der Waals surface area contributed by atoms with Gasteiger partial charge >= 0.3 is 0 Å². The molecule has 5 heteroatoms. The summed E-state index contributed by atoms with van der Waals surface area (Å²) in [5, 5.41) is 7.95. The van der Waals surface area contributed by atoms with Crippen molar-refractivity contribution in [2.45, 2.75) is 13.5 Å². The van der Waals surface area contributed by atoms with E-state index in [1.165, 1.54) is 6.92 Å². The van der Waals surface area contributed by atoms with Gasteiger partial charge in [-0.05, 0) is 43.3 Å². The first-order valence-corrected chi connectivity index (χ1v) is 6.84. The third-order valence-corrected chi connectivity index (χ3v) is 3.11. The zero-order chi connectivity index (χ0) is 15.4. The lowest BCUT2D eigenvalue weighted by Crippen LogP contribution is -1.97. The van der Waals surface area contributed by atoms with E-state index in [9.17, 15) is 4.79 Å². The Bertz CT molecular complexity index is 764. The van der Waals surface area contributed by atoms with Gasteiger partial charge < -0.3 is 9.15 Å². The second kappa shape index (κ2) is 6.22. The maximum Gasteiger partial charge on any atom is 0.254 e. The number of hydrogen-bond donors (Lipinski definition) is 0. The van der Waals surface area contributed by atoms with Crippen molar-refractivity contribution in [1.82, 2.24) is 10.2 Å². The minimum atomic E-state index is 0.0240. The number of hydrogen-bond acceptors (Lipinski definition) is 5. The summed E-state index contributed by atoms with van der Waals surface area (Å²) in [6, 6.07) is 16.5. The molecule has 0 saturated heterocycles. The number of ketones is 1. The van der Waals surface area contributed by atoms with E-state index in [1.54, 1.807) is 24.3 Å². The van der Waals surface area contributed by atoms with E-state index in [0.717, 1.165) is 5.56 Å². The lowest BCUT2D eigenvalue weighted by molar-refractivity contribution is 0.101. The molecule has 110 valence electrons. The first-order valence-electron chi connectivity index (χ1n) is 6.84. The summed E-state index contributed by atoms with van der Waals surface area (Å²) in [4.78, 5) is 11.2. The number of aromatic nitrogens is 2. The molecule has 0 N–H and O–H groups in total. The minimum absolute atomic E-state index is 0.0240. The molecular weight excluding hydrogens is 280 g/mol. The lowest BCUT2D eigenvalue weighted by Gasteiger charge is -2.03. The van der Waals surface area contributed by atoms with Gasteiger partial charge in [0, 0.05) is 11.1 Å². The van der Waals surface area contributed by atoms with E-state index >= 15 is 0 Å². The van der Waals surface area contributed by atoms with Gasteiger partial charge in [-0.15, -0.1) is 10.2 Å². The Balaban J connectivity index is 1.65. The number of carbonyl (C=O) groups is 1. The van der Waals surface area contributed by atoms with E-state index in [0.29, 0.717) is 23.1 Å². The zero-order valence-electron chi connectivity index (χ0n) is 12.0. The molecule has 0 radical (unpaired) electrons. The lowest BCUT2D eigenvalue weighted by atomic mass is 10.1. The maximum absolute atomic E-state index is 11.2. The fourth-order valence-corrected chi connectivity index (χ4v) is 1.94. The van der Waals surface area contributed by atoms with Crippen molar-refractivity contribution >= 4 is 5.78 Å². The highest BCUT2D eigenvalue weighted by Gasteiger charge is 2.08. The molecule has 5 nitrogen and oxygen atoms in total. The molecule has 0 atom stereocenters. The van der Waals surface area contributed by atoms with Gasteiger partial charge in [0.15, 0.2) is 12.4 Å². The van der Waals surface area contributed by atoms with Crippen LogP contribution in [-0.2, 0) is 6.61 Å². The van der Waals surface area contributed by atoms with Crippen LogP contribution in [0.1, 0.15) is 23.2 Å². The molecule has 0 bridgehead atoms. The fourth-order valence-electron chi connectivity index (χ4n) is 1.94. The smallest absolute Gasteiger partial charge is 0.254 e. The van der Waals surface area contributed by atoms with Crippen molar-refractivity contribution in [2.75, 3.05) is 0 Å². The summed E-state index contributed by atoms with van der Waals surface area (Å²) in [7, 11) is 0. The summed E-state index contributed by atoms with van der Waals surface area (Å²) in [6.45, 7) is 1.71. The minimum Gasteiger partial charge on any atom is -0.484 e. The fraction of sp³-hybridized carbons (Fsp3) is 0.118. The number of nitrogens with zero attached hydrogens (tertiary/aromatic N) is 2. The highest BCUT2D eigenvalue weighted by atomic mass is 16.5. The quantitative estimate of drug-likeness (QED) is 0.674. The molecule has 0 amide bonds. The van der Waals surface area contributed by atoms with Crippen LogP contribution >= 0.6 is 0 Å². The average Bonchev–Trinajstić information content (AvgIpc) is 3.03. The average molecular weight is 294 g/mol. The van der Waals surface area contributed by atoms with Crippen molar-refractivity contribution < 1.29 is 13.9 Å². The van der Waals surface area contributed by atoms with Gasteiger partial charge in [0.05, 0.1) is 0 Å². The van der Waals surface area contributed by atoms with Gasteiger partial charge in [-0.25, -0.2) is 0 Å². The summed E-state index contributed by atoms with van der Waals surface area (Å²) in [5.74, 6) is 1.53. The molecular formula is C17H14N2O3. The molecule has 0 aliphatic carbocycles. The van der Waals surface area contributed by atoms with E-state index in [2.05, 4.69) is 10.2 Å². The van der Waals surface area contributed by atoms with Gasteiger partial charge in [-0.3, -0.25) is 4.79 Å². The largest absolute Gasteiger partial charge is 0.484 e. The van der Waals surface area contributed by atoms with Crippen LogP contribution in [0, 0.1) is 0 Å². The van der Waals surface area contributed by atoms with E-state index in [4.69, 9.17) is 9.15 Å². The van der Waals surface area contributed by atoms with Crippen LogP contribution in [0.3, 0.4) is 0 Å². The van der Waals surface area contributed by atoms with Crippen molar-refractivity contribution in [3.05, 3.63) is 66.1 Å². The van der Waals surface area contributed by atoms with Gasteiger partial charge in [-0.2, -0.15) is 0 Å². The van der Waals surface area contributed by atoms with E-state index in [-0.39, 0.29) is 12.4 Å². The number of carbonyl (C=O) groups excluding carboxylic acids is 1. The number of rotatable bonds is 5. The molecule has 3 rings (SSSR count). The van der Waals surface area contributed by atoms with Gasteiger partial charge in [0.25, 0.3) is 5.89 Å². The van der Waals surface area contributed by atoms with Crippen LogP contribution in [0.25, 0.3) is 11.5 Å². The van der Waals surface area contributed by atoms with Crippen molar-refractivity contribution in [3.8, 4) is 17.2 Å². The second-order valence-corrected chi connectivity index (χ2v) is 4.74. The van der Waals surface area contributed by atoms with Crippen LogP contribution < -0.4 is 4.74 Å². The van der Waals surface area contributed by atoms with Gasteiger partial charge in [0.2, 0.25) is 5.89 Å². The number of Topliss-reactive ketones (excluding diaryl/α,β-unsaturated/α-hetero) is 1. The van der Waals surface area contributed by atoms with Crippen LogP contribution in [0.4, 0.5) is 0 Å². The highest BCUT2D eigenvalue weighted by molar-refractivity contribution is 5.94. The third-order valence-electron chi connectivity index (χ3n) is 3.11. The monoisotopic (exact) mass is 294 g/mol. The Morgan fingerprint density at radius 1 is 1.05 bits per heavy atom. The van der Waals surface area contributed by atoms with Crippen LogP contribution in [-0.4, -0.2) is 16.0 Å². The van der Waals surface area contributed by atoms with Gasteiger partial charge in [0.1, 0.15) is 5.75 Å². The summed E-state index contributed by atoms with van der Waals surface area (Å²) in [5.41, 5.74) is 1.52. The molecule has 0 aliphatic heterocycles. The van der Waals surface area contributed by atoms with E-state index in [1.807, 2.05) is 30.3 Å². The number of benzene rings is 2. The predicted octanol–water partition coefficient (Wildman–Crippen LogP) is 3.52. The van der Waals surface area contributed by atoms with Crippen molar-refractivity contribution in [3.63, 3.8) is 0 Å². The molecule has 0 unspecified atom stereocenters. The molecule has 1 aromatic heterocycles. The molecule has 0 fully saturated rings.